The Kier molecular flexibility index (Phi) is 4.51. The second-order valence-electron chi connectivity index (χ2n) is 5.26. The number of H-pyrrole nitrogens is 2. The van der Waals surface area contributed by atoms with Crippen LogP contribution in [0.5, 0.6) is 0 Å². The Morgan fingerprint density at radius 1 is 1.00 bits per heavy atom. The number of amides is 1. The molecular weight excluding hydrogens is 411 g/mol. The summed E-state index contributed by atoms with van der Waals surface area (Å²) in [4.78, 5) is 43.2. The standard InChI is InChI=1S/C15H15IN4O3/c16-10-1-3-11(4-2-10)19-5-7-20(8-6-19)14(22)12-9-13(21)18-15(23)17-12/h1-4,9H,5-8H2,(H2,17,18,21,23). The number of carbonyl (C=O) groups is 1. The Hall–Kier alpha value is -2.10. The van der Waals surface area contributed by atoms with Crippen LogP contribution in [-0.2, 0) is 0 Å². The van der Waals surface area contributed by atoms with E-state index in [-0.39, 0.29) is 11.6 Å². The topological polar surface area (TPSA) is 89.3 Å². The molecule has 0 bridgehead atoms. The molecule has 1 saturated heterocycles. The van der Waals surface area contributed by atoms with Gasteiger partial charge in [-0.1, -0.05) is 0 Å². The lowest BCUT2D eigenvalue weighted by molar-refractivity contribution is 0.0740. The van der Waals surface area contributed by atoms with E-state index in [9.17, 15) is 14.4 Å². The van der Waals surface area contributed by atoms with Gasteiger partial charge in [0.25, 0.3) is 11.5 Å². The van der Waals surface area contributed by atoms with Crippen molar-refractivity contribution >= 4 is 34.2 Å². The number of rotatable bonds is 2. The van der Waals surface area contributed by atoms with E-state index >= 15 is 0 Å². The zero-order valence-electron chi connectivity index (χ0n) is 12.2. The predicted octanol–water partition coefficient (Wildman–Crippen LogP) is 0.630. The summed E-state index contributed by atoms with van der Waals surface area (Å²) in [5.41, 5.74) is -0.0865. The molecule has 8 heteroatoms. The average molecular weight is 426 g/mol. The van der Waals surface area contributed by atoms with E-state index in [1.165, 1.54) is 3.57 Å². The minimum absolute atomic E-state index is 0.0291. The second-order valence-corrected chi connectivity index (χ2v) is 6.50. The Morgan fingerprint density at radius 3 is 2.26 bits per heavy atom. The molecule has 120 valence electrons. The average Bonchev–Trinajstić information content (AvgIpc) is 2.54. The number of aromatic nitrogens is 2. The van der Waals surface area contributed by atoms with Crippen molar-refractivity contribution in [2.75, 3.05) is 31.1 Å². The quantitative estimate of drug-likeness (QED) is 0.690. The van der Waals surface area contributed by atoms with Crippen LogP contribution in [0.25, 0.3) is 0 Å². The van der Waals surface area contributed by atoms with E-state index in [1.807, 2.05) is 0 Å². The van der Waals surface area contributed by atoms with Crippen molar-refractivity contribution in [1.82, 2.24) is 14.9 Å². The molecule has 0 spiro atoms. The first-order valence-electron chi connectivity index (χ1n) is 7.16. The Labute approximate surface area is 145 Å². The molecule has 0 saturated carbocycles. The molecular formula is C15H15IN4O3. The highest BCUT2D eigenvalue weighted by Gasteiger charge is 2.23. The van der Waals surface area contributed by atoms with E-state index in [4.69, 9.17) is 0 Å². The maximum atomic E-state index is 12.4. The smallest absolute Gasteiger partial charge is 0.326 e. The van der Waals surface area contributed by atoms with Crippen molar-refractivity contribution in [1.29, 1.82) is 0 Å². The van der Waals surface area contributed by atoms with Crippen LogP contribution >= 0.6 is 22.6 Å². The van der Waals surface area contributed by atoms with Gasteiger partial charge in [0.05, 0.1) is 0 Å². The fourth-order valence-corrected chi connectivity index (χ4v) is 2.93. The number of carbonyl (C=O) groups excluding carboxylic acids is 1. The number of nitrogens with one attached hydrogen (secondary N) is 2. The van der Waals surface area contributed by atoms with Crippen LogP contribution in [0.15, 0.2) is 39.9 Å². The molecule has 1 aliphatic rings. The van der Waals surface area contributed by atoms with Crippen LogP contribution in [-0.4, -0.2) is 47.0 Å². The van der Waals surface area contributed by atoms with Crippen molar-refractivity contribution in [2.45, 2.75) is 0 Å². The normalized spacial score (nSPS) is 14.8. The van der Waals surface area contributed by atoms with Gasteiger partial charge in [-0.25, -0.2) is 4.79 Å². The highest BCUT2D eigenvalue weighted by Crippen LogP contribution is 2.18. The summed E-state index contributed by atoms with van der Waals surface area (Å²) in [5.74, 6) is -0.324. The highest BCUT2D eigenvalue weighted by atomic mass is 127. The minimum Gasteiger partial charge on any atom is -0.368 e. The maximum Gasteiger partial charge on any atom is 0.326 e. The Morgan fingerprint density at radius 2 is 1.65 bits per heavy atom. The molecule has 3 rings (SSSR count). The number of nitrogens with zero attached hydrogens (tertiary/aromatic N) is 2. The monoisotopic (exact) mass is 426 g/mol. The molecule has 23 heavy (non-hydrogen) atoms. The molecule has 1 aliphatic heterocycles. The third-order valence-electron chi connectivity index (χ3n) is 3.75. The van der Waals surface area contributed by atoms with Gasteiger partial charge in [0.15, 0.2) is 0 Å². The third-order valence-corrected chi connectivity index (χ3v) is 4.47. The van der Waals surface area contributed by atoms with Crippen molar-refractivity contribution in [2.24, 2.45) is 0 Å². The molecule has 1 aromatic carbocycles. The van der Waals surface area contributed by atoms with E-state index in [2.05, 4.69) is 61.7 Å². The molecule has 2 aromatic rings. The van der Waals surface area contributed by atoms with E-state index in [1.54, 1.807) is 4.90 Å². The van der Waals surface area contributed by atoms with Gasteiger partial charge in [0, 0.05) is 41.5 Å². The van der Waals surface area contributed by atoms with Crippen molar-refractivity contribution in [3.8, 4) is 0 Å². The Balaban J connectivity index is 1.68. The highest BCUT2D eigenvalue weighted by molar-refractivity contribution is 14.1. The molecule has 2 heterocycles. The van der Waals surface area contributed by atoms with Crippen LogP contribution < -0.4 is 16.1 Å². The number of piperazine rings is 1. The molecule has 0 unspecified atom stereocenters. The lowest BCUT2D eigenvalue weighted by Crippen LogP contribution is -2.49. The van der Waals surface area contributed by atoms with Gasteiger partial charge in [-0.3, -0.25) is 14.6 Å². The van der Waals surface area contributed by atoms with Crippen LogP contribution in [0.4, 0.5) is 5.69 Å². The lowest BCUT2D eigenvalue weighted by Gasteiger charge is -2.36. The second kappa shape index (κ2) is 6.57. The first kappa shape index (κ1) is 15.8. The van der Waals surface area contributed by atoms with Crippen LogP contribution in [0.1, 0.15) is 10.5 Å². The maximum absolute atomic E-state index is 12.4. The summed E-state index contributed by atoms with van der Waals surface area (Å²) in [5, 5.41) is 0. The van der Waals surface area contributed by atoms with Gasteiger partial charge in [-0.05, 0) is 46.9 Å². The van der Waals surface area contributed by atoms with Crippen LogP contribution in [0, 0.1) is 3.57 Å². The number of aromatic amines is 2. The number of benzene rings is 1. The fourth-order valence-electron chi connectivity index (χ4n) is 2.57. The Bertz CT molecular complexity index is 791. The van der Waals surface area contributed by atoms with Crippen LogP contribution in [0.3, 0.4) is 0 Å². The molecule has 0 radical (unpaired) electrons. The molecule has 1 aromatic heterocycles. The molecule has 7 nitrogen and oxygen atoms in total. The van der Waals surface area contributed by atoms with Crippen molar-refractivity contribution in [3.63, 3.8) is 0 Å². The fraction of sp³-hybridized carbons (Fsp3) is 0.267. The molecule has 0 atom stereocenters. The predicted molar refractivity (Wildman–Crippen MR) is 95.0 cm³/mol. The summed E-state index contributed by atoms with van der Waals surface area (Å²) in [7, 11) is 0. The SMILES string of the molecule is O=C(c1cc(=O)[nH]c(=O)[nH]1)N1CCN(c2ccc(I)cc2)CC1. The first-order valence-corrected chi connectivity index (χ1v) is 8.24. The van der Waals surface area contributed by atoms with E-state index < -0.39 is 11.2 Å². The van der Waals surface area contributed by atoms with Crippen molar-refractivity contribution < 1.29 is 4.79 Å². The van der Waals surface area contributed by atoms with Crippen molar-refractivity contribution in [3.05, 3.63) is 60.4 Å². The van der Waals surface area contributed by atoms with Crippen LogP contribution in [0.2, 0.25) is 0 Å². The molecule has 2 N–H and O–H groups in total. The largest absolute Gasteiger partial charge is 0.368 e. The first-order chi connectivity index (χ1) is 11.0. The van der Waals surface area contributed by atoms with Gasteiger partial charge < -0.3 is 14.8 Å². The van der Waals surface area contributed by atoms with Gasteiger partial charge >= 0.3 is 5.69 Å². The lowest BCUT2D eigenvalue weighted by atomic mass is 10.2. The number of hydrogen-bond donors (Lipinski definition) is 2. The summed E-state index contributed by atoms with van der Waals surface area (Å²) in [6.07, 6.45) is 0. The van der Waals surface area contributed by atoms with Gasteiger partial charge in [-0.15, -0.1) is 0 Å². The number of anilines is 1. The molecule has 1 fully saturated rings. The molecule has 0 aliphatic carbocycles. The molecule has 1 amide bonds. The summed E-state index contributed by atoms with van der Waals surface area (Å²) in [6, 6.07) is 9.35. The van der Waals surface area contributed by atoms with Gasteiger partial charge in [0.1, 0.15) is 5.69 Å². The van der Waals surface area contributed by atoms with E-state index in [0.29, 0.717) is 26.2 Å². The third kappa shape index (κ3) is 3.63. The summed E-state index contributed by atoms with van der Waals surface area (Å²) >= 11 is 2.26. The zero-order chi connectivity index (χ0) is 16.4. The minimum atomic E-state index is -0.668. The van der Waals surface area contributed by atoms with Gasteiger partial charge in [0.2, 0.25) is 0 Å². The number of hydrogen-bond acceptors (Lipinski definition) is 4. The number of halogens is 1. The summed E-state index contributed by atoms with van der Waals surface area (Å²) in [6.45, 7) is 2.50. The van der Waals surface area contributed by atoms with E-state index in [0.717, 1.165) is 11.8 Å². The summed E-state index contributed by atoms with van der Waals surface area (Å²) < 4.78 is 1.18. The van der Waals surface area contributed by atoms with Gasteiger partial charge in [-0.2, -0.15) is 0 Å². The zero-order valence-corrected chi connectivity index (χ0v) is 14.4.